The van der Waals surface area contributed by atoms with Gasteiger partial charge in [-0.25, -0.2) is 4.98 Å². The number of nitrogens with one attached hydrogen (secondary N) is 2. The third kappa shape index (κ3) is 5.80. The zero-order chi connectivity index (χ0) is 27.4. The fourth-order valence-electron chi connectivity index (χ4n) is 4.84. The molecule has 3 N–H and O–H groups in total. The Morgan fingerprint density at radius 3 is 2.72 bits per heavy atom. The van der Waals surface area contributed by atoms with Gasteiger partial charge in [-0.15, -0.1) is 0 Å². The molecule has 3 aromatic heterocycles. The minimum absolute atomic E-state index is 0.0857. The first kappa shape index (κ1) is 27.2. The van der Waals surface area contributed by atoms with Crippen molar-refractivity contribution >= 4 is 29.4 Å². The number of ether oxygens (including phenoxy) is 3. The smallest absolute Gasteiger partial charge is 0.293 e. The number of carbonyl (C=O) groups excluding carboxylic acids is 1. The van der Waals surface area contributed by atoms with Gasteiger partial charge in [-0.05, 0) is 19.8 Å². The number of carbonyl (C=O) groups is 1. The highest BCUT2D eigenvalue weighted by Gasteiger charge is 2.50. The lowest BCUT2D eigenvalue weighted by Crippen LogP contribution is -2.39. The lowest BCUT2D eigenvalue weighted by Gasteiger charge is -2.26. The van der Waals surface area contributed by atoms with E-state index in [9.17, 15) is 9.90 Å². The van der Waals surface area contributed by atoms with Crippen molar-refractivity contribution in [1.82, 2.24) is 34.6 Å². The number of aromatic nitrogens is 6. The summed E-state index contributed by atoms with van der Waals surface area (Å²) in [6.07, 6.45) is -0.942. The van der Waals surface area contributed by atoms with Crippen LogP contribution in [0.5, 0.6) is 0 Å². The highest BCUT2D eigenvalue weighted by molar-refractivity contribution is 5.84. The van der Waals surface area contributed by atoms with Crippen LogP contribution in [0.3, 0.4) is 0 Å². The van der Waals surface area contributed by atoms with Crippen molar-refractivity contribution in [2.24, 2.45) is 0 Å². The monoisotopic (exact) mass is 545 g/mol. The van der Waals surface area contributed by atoms with Crippen LogP contribution in [-0.2, 0) is 19.0 Å². The molecular weight excluding hydrogens is 510 g/mol. The van der Waals surface area contributed by atoms with Crippen molar-refractivity contribution in [2.75, 3.05) is 50.0 Å². The minimum Gasteiger partial charge on any atom is -0.457 e. The van der Waals surface area contributed by atoms with Gasteiger partial charge in [0.2, 0.25) is 5.95 Å². The number of hydrogen-bond acceptors (Lipinski definition) is 14. The molecule has 0 spiro atoms. The summed E-state index contributed by atoms with van der Waals surface area (Å²) >= 11 is 0. The number of aliphatic hydroxyl groups excluding tert-OH is 1. The Hall–Kier alpha value is -3.40. The molecule has 3 aromatic rings. The molecule has 15 nitrogen and oxygen atoms in total. The molecule has 2 fully saturated rings. The van der Waals surface area contributed by atoms with Crippen molar-refractivity contribution in [3.8, 4) is 0 Å². The second kappa shape index (κ2) is 12.2. The van der Waals surface area contributed by atoms with Crippen LogP contribution in [0, 0.1) is 6.92 Å². The molecule has 0 aliphatic carbocycles. The largest absolute Gasteiger partial charge is 0.457 e. The number of fused-ring (bicyclic) bond motifs is 1. The third-order valence-electron chi connectivity index (χ3n) is 7.05. The molecule has 5 rings (SSSR count). The fourth-order valence-corrected chi connectivity index (χ4v) is 4.84. The van der Waals surface area contributed by atoms with Crippen LogP contribution in [0.4, 0.5) is 11.8 Å². The van der Waals surface area contributed by atoms with E-state index in [1.165, 1.54) is 6.33 Å². The van der Waals surface area contributed by atoms with Gasteiger partial charge in [0.15, 0.2) is 41.2 Å². The Bertz CT molecular complexity index is 1240. The molecule has 0 aromatic carbocycles. The Morgan fingerprint density at radius 1 is 1.23 bits per heavy atom. The second-order valence-corrected chi connectivity index (χ2v) is 9.57. The molecule has 0 bridgehead atoms. The van der Waals surface area contributed by atoms with E-state index >= 15 is 0 Å². The van der Waals surface area contributed by atoms with Crippen LogP contribution in [0.15, 0.2) is 10.9 Å². The molecular formula is C24H35N9O6. The van der Waals surface area contributed by atoms with Gasteiger partial charge in [0.05, 0.1) is 19.5 Å². The molecule has 15 heteroatoms. The highest BCUT2D eigenvalue weighted by Crippen LogP contribution is 2.41. The lowest BCUT2D eigenvalue weighted by atomic mass is 10.1. The van der Waals surface area contributed by atoms with E-state index in [0.29, 0.717) is 35.3 Å². The maximum absolute atomic E-state index is 11.4. The number of morpholine rings is 1. The molecule has 4 atom stereocenters. The lowest BCUT2D eigenvalue weighted by molar-refractivity contribution is -0.142. The maximum atomic E-state index is 11.4. The average molecular weight is 546 g/mol. The number of nitrogens with zero attached hydrogens (tertiary/aromatic N) is 7. The summed E-state index contributed by atoms with van der Waals surface area (Å²) in [4.78, 5) is 31.9. The molecule has 212 valence electrons. The summed E-state index contributed by atoms with van der Waals surface area (Å²) in [5, 5.41) is 21.6. The summed E-state index contributed by atoms with van der Waals surface area (Å²) in [5.41, 5.74) is 0.979. The predicted octanol–water partition coefficient (Wildman–Crippen LogP) is 1.03. The molecule has 0 radical (unpaired) electrons. The standard InChI is InChI=1S/C24H35N9O6/c1-4-15(5-2)28-20-16-21(30-24(29-20)25-6-7-32-8-10-36-11-9-32)33(12-26-16)23-19(37-13-34)17(35)18(38-23)22-27-14(3)31-39-22/h12-13,15,17-19,23,35H,4-11H2,1-3H3,(H2,25,28,29,30)/t17-,18+,19-,23-/m1/s1. The predicted molar refractivity (Wildman–Crippen MR) is 138 cm³/mol. The number of aliphatic hydroxyl groups is 1. The maximum Gasteiger partial charge on any atom is 0.293 e. The van der Waals surface area contributed by atoms with Crippen LogP contribution in [0.1, 0.15) is 50.7 Å². The zero-order valence-corrected chi connectivity index (χ0v) is 22.3. The molecule has 0 saturated carbocycles. The number of aryl methyl sites for hydroxylation is 1. The van der Waals surface area contributed by atoms with E-state index in [0.717, 1.165) is 45.7 Å². The van der Waals surface area contributed by atoms with Gasteiger partial charge in [-0.1, -0.05) is 19.0 Å². The van der Waals surface area contributed by atoms with Gasteiger partial charge in [0, 0.05) is 32.2 Å². The summed E-state index contributed by atoms with van der Waals surface area (Å²) in [6.45, 7) is 10.8. The third-order valence-corrected chi connectivity index (χ3v) is 7.05. The van der Waals surface area contributed by atoms with Crippen LogP contribution >= 0.6 is 0 Å². The van der Waals surface area contributed by atoms with Crippen molar-refractivity contribution in [3.05, 3.63) is 18.0 Å². The van der Waals surface area contributed by atoms with E-state index in [-0.39, 0.29) is 18.4 Å². The Kier molecular flexibility index (Phi) is 8.50. The molecule has 2 saturated heterocycles. The van der Waals surface area contributed by atoms with E-state index in [1.807, 2.05) is 0 Å². The van der Waals surface area contributed by atoms with E-state index in [4.69, 9.17) is 28.7 Å². The Balaban J connectivity index is 1.46. The van der Waals surface area contributed by atoms with Gasteiger partial charge in [0.1, 0.15) is 6.10 Å². The number of imidazole rings is 1. The highest BCUT2D eigenvalue weighted by atomic mass is 16.6. The summed E-state index contributed by atoms with van der Waals surface area (Å²) in [6, 6.07) is 0.190. The van der Waals surface area contributed by atoms with Crippen molar-refractivity contribution in [1.29, 1.82) is 0 Å². The summed E-state index contributed by atoms with van der Waals surface area (Å²) in [5.74, 6) is 1.48. The molecule has 0 unspecified atom stereocenters. The van der Waals surface area contributed by atoms with Gasteiger partial charge in [-0.2, -0.15) is 15.0 Å². The minimum atomic E-state index is -1.26. The number of hydrogen-bond donors (Lipinski definition) is 3. The van der Waals surface area contributed by atoms with Gasteiger partial charge in [0.25, 0.3) is 12.4 Å². The summed E-state index contributed by atoms with van der Waals surface area (Å²) < 4.78 is 23.7. The first-order valence-corrected chi connectivity index (χ1v) is 13.3. The van der Waals surface area contributed by atoms with Crippen LogP contribution in [0.2, 0.25) is 0 Å². The van der Waals surface area contributed by atoms with E-state index < -0.39 is 24.5 Å². The normalized spacial score (nSPS) is 23.9. The summed E-state index contributed by atoms with van der Waals surface area (Å²) in [7, 11) is 0. The Labute approximate surface area is 225 Å². The fraction of sp³-hybridized carbons (Fsp3) is 0.667. The van der Waals surface area contributed by atoms with Crippen molar-refractivity contribution < 1.29 is 28.6 Å². The molecule has 0 amide bonds. The Morgan fingerprint density at radius 2 is 2.03 bits per heavy atom. The molecule has 2 aliphatic rings. The quantitative estimate of drug-likeness (QED) is 0.275. The van der Waals surface area contributed by atoms with E-state index in [2.05, 4.69) is 44.5 Å². The first-order valence-electron chi connectivity index (χ1n) is 13.3. The SMILES string of the molecule is CCC(CC)Nc1nc(NCCN2CCOCC2)nc2c1ncn2[C@@H]1O[C@H](c2nc(C)no2)[C@@H](O)[C@H]1OC=O. The first-order chi connectivity index (χ1) is 19.0. The van der Waals surface area contributed by atoms with Crippen molar-refractivity contribution in [2.45, 2.75) is 64.2 Å². The van der Waals surface area contributed by atoms with E-state index in [1.54, 1.807) is 11.5 Å². The molecule has 5 heterocycles. The number of rotatable bonds is 12. The zero-order valence-electron chi connectivity index (χ0n) is 22.3. The molecule has 2 aliphatic heterocycles. The average Bonchev–Trinajstić information content (AvgIpc) is 3.65. The topological polar surface area (TPSA) is 175 Å². The van der Waals surface area contributed by atoms with Gasteiger partial charge in [-0.3, -0.25) is 14.3 Å². The van der Waals surface area contributed by atoms with Crippen LogP contribution in [0.25, 0.3) is 11.2 Å². The van der Waals surface area contributed by atoms with Gasteiger partial charge < -0.3 is 34.5 Å². The van der Waals surface area contributed by atoms with Crippen molar-refractivity contribution in [3.63, 3.8) is 0 Å². The van der Waals surface area contributed by atoms with Gasteiger partial charge >= 0.3 is 0 Å². The number of anilines is 2. The van der Waals surface area contributed by atoms with Crippen LogP contribution in [-0.4, -0.2) is 104 Å². The molecule has 39 heavy (non-hydrogen) atoms. The van der Waals surface area contributed by atoms with Crippen LogP contribution < -0.4 is 10.6 Å². The second-order valence-electron chi connectivity index (χ2n) is 9.57.